The molecule has 0 radical (unpaired) electrons. The molecular weight excluding hydrogens is 234 g/mol. The summed E-state index contributed by atoms with van der Waals surface area (Å²) >= 11 is 1.56. The van der Waals surface area contributed by atoms with Gasteiger partial charge in [-0.2, -0.15) is 0 Å². The highest BCUT2D eigenvalue weighted by molar-refractivity contribution is 7.09. The van der Waals surface area contributed by atoms with E-state index in [1.165, 1.54) is 0 Å². The predicted molar refractivity (Wildman–Crippen MR) is 68.1 cm³/mol. The van der Waals surface area contributed by atoms with E-state index in [-0.39, 0.29) is 0 Å². The average molecular weight is 249 g/mol. The Morgan fingerprint density at radius 2 is 2.24 bits per heavy atom. The van der Waals surface area contributed by atoms with E-state index < -0.39 is 6.10 Å². The van der Waals surface area contributed by atoms with Crippen LogP contribution in [0.5, 0.6) is 5.75 Å². The Bertz CT molecular complexity index is 456. The van der Waals surface area contributed by atoms with Crippen molar-refractivity contribution >= 4 is 11.3 Å². The van der Waals surface area contributed by atoms with Crippen molar-refractivity contribution in [3.05, 3.63) is 46.4 Å². The summed E-state index contributed by atoms with van der Waals surface area (Å²) in [5, 5.41) is 9.88. The second-order valence-electron chi connectivity index (χ2n) is 3.72. The number of thiazole rings is 1. The Morgan fingerprint density at radius 3 is 2.94 bits per heavy atom. The maximum atomic E-state index is 9.88. The lowest BCUT2D eigenvalue weighted by molar-refractivity contribution is 0.166. The summed E-state index contributed by atoms with van der Waals surface area (Å²) in [4.78, 5) is 5.07. The standard InChI is InChI=1S/C13H15NO2S/c1-2-12(15)11-5-3-4-6-13(11)16-8-10-7-14-9-17-10/h3-7,9,12,15H,2,8H2,1H3/t12-/m0/s1. The SMILES string of the molecule is CC[C@H](O)c1ccccc1OCc1cncs1. The van der Waals surface area contributed by atoms with Crippen molar-refractivity contribution in [1.82, 2.24) is 4.98 Å². The molecule has 3 nitrogen and oxygen atoms in total. The Labute approximate surface area is 105 Å². The molecule has 0 saturated heterocycles. The van der Waals surface area contributed by atoms with Gasteiger partial charge in [-0.15, -0.1) is 11.3 Å². The number of nitrogens with zero attached hydrogens (tertiary/aromatic N) is 1. The van der Waals surface area contributed by atoms with E-state index >= 15 is 0 Å². The Balaban J connectivity index is 2.09. The fourth-order valence-electron chi connectivity index (χ4n) is 1.57. The third-order valence-corrected chi connectivity index (χ3v) is 3.27. The van der Waals surface area contributed by atoms with Crippen LogP contribution in [0.15, 0.2) is 36.0 Å². The normalized spacial score (nSPS) is 12.4. The van der Waals surface area contributed by atoms with Crippen molar-refractivity contribution in [3.63, 3.8) is 0 Å². The van der Waals surface area contributed by atoms with Gasteiger partial charge in [0.25, 0.3) is 0 Å². The lowest BCUT2D eigenvalue weighted by Crippen LogP contribution is -2.01. The third kappa shape index (κ3) is 3.05. The van der Waals surface area contributed by atoms with Crippen LogP contribution in [0.25, 0.3) is 0 Å². The lowest BCUT2D eigenvalue weighted by Gasteiger charge is -2.14. The topological polar surface area (TPSA) is 42.4 Å². The average Bonchev–Trinajstić information content (AvgIpc) is 2.89. The minimum absolute atomic E-state index is 0.465. The number of rotatable bonds is 5. The Morgan fingerprint density at radius 1 is 1.41 bits per heavy atom. The maximum Gasteiger partial charge on any atom is 0.125 e. The first-order valence-corrected chi connectivity index (χ1v) is 6.46. The molecule has 0 aliphatic carbocycles. The molecule has 1 N–H and O–H groups in total. The van der Waals surface area contributed by atoms with Crippen molar-refractivity contribution in [2.45, 2.75) is 26.1 Å². The Kier molecular flexibility index (Phi) is 4.12. The van der Waals surface area contributed by atoms with E-state index in [9.17, 15) is 5.11 Å². The van der Waals surface area contributed by atoms with E-state index in [2.05, 4.69) is 4.98 Å². The molecule has 2 aromatic rings. The maximum absolute atomic E-state index is 9.88. The number of para-hydroxylation sites is 1. The Hall–Kier alpha value is -1.39. The zero-order valence-electron chi connectivity index (χ0n) is 9.67. The molecule has 1 aromatic carbocycles. The third-order valence-electron chi connectivity index (χ3n) is 2.52. The summed E-state index contributed by atoms with van der Waals surface area (Å²) in [6.07, 6.45) is 2.01. The van der Waals surface area contributed by atoms with Crippen molar-refractivity contribution < 1.29 is 9.84 Å². The summed E-state index contributed by atoms with van der Waals surface area (Å²) in [6, 6.07) is 7.60. The molecule has 4 heteroatoms. The van der Waals surface area contributed by atoms with Gasteiger partial charge in [-0.3, -0.25) is 4.98 Å². The molecule has 0 saturated carbocycles. The predicted octanol–water partition coefficient (Wildman–Crippen LogP) is 3.17. The molecular formula is C13H15NO2S. The van der Waals surface area contributed by atoms with E-state index in [1.807, 2.05) is 31.2 Å². The molecule has 17 heavy (non-hydrogen) atoms. The van der Waals surface area contributed by atoms with Gasteiger partial charge in [0.05, 0.1) is 16.5 Å². The van der Waals surface area contributed by atoms with Gasteiger partial charge in [0.15, 0.2) is 0 Å². The van der Waals surface area contributed by atoms with E-state index in [0.29, 0.717) is 13.0 Å². The van der Waals surface area contributed by atoms with Crippen LogP contribution < -0.4 is 4.74 Å². The zero-order chi connectivity index (χ0) is 12.1. The van der Waals surface area contributed by atoms with Gasteiger partial charge >= 0.3 is 0 Å². The first-order chi connectivity index (χ1) is 8.31. The summed E-state index contributed by atoms with van der Waals surface area (Å²) in [5.41, 5.74) is 2.63. The smallest absolute Gasteiger partial charge is 0.125 e. The number of aliphatic hydroxyl groups excluding tert-OH is 1. The van der Waals surface area contributed by atoms with Crippen LogP contribution in [0.2, 0.25) is 0 Å². The molecule has 2 rings (SSSR count). The molecule has 0 fully saturated rings. The molecule has 0 aliphatic heterocycles. The van der Waals surface area contributed by atoms with Crippen LogP contribution in [0.1, 0.15) is 29.9 Å². The van der Waals surface area contributed by atoms with Crippen molar-refractivity contribution in [2.75, 3.05) is 0 Å². The minimum atomic E-state index is -0.465. The van der Waals surface area contributed by atoms with Crippen molar-refractivity contribution in [3.8, 4) is 5.75 Å². The fourth-order valence-corrected chi connectivity index (χ4v) is 2.08. The van der Waals surface area contributed by atoms with E-state index in [0.717, 1.165) is 16.2 Å². The molecule has 1 aromatic heterocycles. The van der Waals surface area contributed by atoms with Crippen LogP contribution in [0.3, 0.4) is 0 Å². The van der Waals surface area contributed by atoms with E-state index in [4.69, 9.17) is 4.74 Å². The van der Waals surface area contributed by atoms with Crippen LogP contribution >= 0.6 is 11.3 Å². The number of aliphatic hydroxyl groups is 1. The molecule has 0 spiro atoms. The quantitative estimate of drug-likeness (QED) is 0.885. The molecule has 0 bridgehead atoms. The first kappa shape index (κ1) is 12.1. The van der Waals surface area contributed by atoms with Gasteiger partial charge in [-0.25, -0.2) is 0 Å². The highest BCUT2D eigenvalue weighted by Crippen LogP contribution is 2.27. The van der Waals surface area contributed by atoms with Gasteiger partial charge < -0.3 is 9.84 Å². The second-order valence-corrected chi connectivity index (χ2v) is 4.69. The number of hydrogen-bond donors (Lipinski definition) is 1. The van der Waals surface area contributed by atoms with Crippen LogP contribution in [-0.4, -0.2) is 10.1 Å². The van der Waals surface area contributed by atoms with Crippen molar-refractivity contribution in [2.24, 2.45) is 0 Å². The van der Waals surface area contributed by atoms with Crippen molar-refractivity contribution in [1.29, 1.82) is 0 Å². The molecule has 1 atom stereocenters. The van der Waals surface area contributed by atoms with Crippen LogP contribution in [0.4, 0.5) is 0 Å². The molecule has 1 heterocycles. The van der Waals surface area contributed by atoms with Gasteiger partial charge in [0.2, 0.25) is 0 Å². The minimum Gasteiger partial charge on any atom is -0.488 e. The van der Waals surface area contributed by atoms with E-state index in [1.54, 1.807) is 23.0 Å². The number of hydrogen-bond acceptors (Lipinski definition) is 4. The van der Waals surface area contributed by atoms with Gasteiger partial charge in [-0.05, 0) is 12.5 Å². The molecule has 0 aliphatic rings. The highest BCUT2D eigenvalue weighted by Gasteiger charge is 2.11. The van der Waals surface area contributed by atoms with Crippen LogP contribution in [0, 0.1) is 0 Å². The van der Waals surface area contributed by atoms with Gasteiger partial charge in [0, 0.05) is 11.8 Å². The molecule has 90 valence electrons. The van der Waals surface area contributed by atoms with Gasteiger partial charge in [0.1, 0.15) is 12.4 Å². The number of benzene rings is 1. The summed E-state index contributed by atoms with van der Waals surface area (Å²) in [6.45, 7) is 2.45. The zero-order valence-corrected chi connectivity index (χ0v) is 10.5. The monoisotopic (exact) mass is 249 g/mol. The summed E-state index contributed by atoms with van der Waals surface area (Å²) in [5.74, 6) is 0.746. The second kappa shape index (κ2) is 5.80. The largest absolute Gasteiger partial charge is 0.488 e. The summed E-state index contributed by atoms with van der Waals surface area (Å²) in [7, 11) is 0. The number of ether oxygens (including phenoxy) is 1. The molecule has 0 unspecified atom stereocenters. The van der Waals surface area contributed by atoms with Gasteiger partial charge in [-0.1, -0.05) is 25.1 Å². The highest BCUT2D eigenvalue weighted by atomic mass is 32.1. The first-order valence-electron chi connectivity index (χ1n) is 5.58. The van der Waals surface area contributed by atoms with Crippen LogP contribution in [-0.2, 0) is 6.61 Å². The lowest BCUT2D eigenvalue weighted by atomic mass is 10.1. The molecule has 0 amide bonds. The summed E-state index contributed by atoms with van der Waals surface area (Å²) < 4.78 is 5.71. The number of aromatic nitrogens is 1. The fraction of sp³-hybridized carbons (Fsp3) is 0.308.